The monoisotopic (exact) mass is 380 g/mol. The Balaban J connectivity index is 1.48. The quantitative estimate of drug-likeness (QED) is 0.440. The highest BCUT2D eigenvalue weighted by Gasteiger charge is 2.19. The lowest BCUT2D eigenvalue weighted by molar-refractivity contribution is 0.221. The van der Waals surface area contributed by atoms with Crippen LogP contribution >= 0.6 is 0 Å². The summed E-state index contributed by atoms with van der Waals surface area (Å²) in [5.41, 5.74) is 2.50. The molecule has 1 fully saturated rings. The first-order valence-electron chi connectivity index (χ1n) is 10.0. The molecule has 0 unspecified atom stereocenters. The summed E-state index contributed by atoms with van der Waals surface area (Å²) in [6.45, 7) is 10.8. The van der Waals surface area contributed by atoms with Crippen LogP contribution in [-0.4, -0.2) is 53.1 Å². The number of hydrogen-bond donors (Lipinski definition) is 2. The van der Waals surface area contributed by atoms with Crippen molar-refractivity contribution in [2.75, 3.05) is 26.7 Å². The summed E-state index contributed by atoms with van der Waals surface area (Å²) < 4.78 is 2.17. The lowest BCUT2D eigenvalue weighted by Gasteiger charge is -2.33. The van der Waals surface area contributed by atoms with Crippen LogP contribution in [-0.2, 0) is 13.1 Å². The van der Waals surface area contributed by atoms with Gasteiger partial charge in [-0.15, -0.1) is 0 Å². The number of nitrogens with zero attached hydrogens (tertiary/aromatic N) is 4. The lowest BCUT2D eigenvalue weighted by atomic mass is 10.0. The van der Waals surface area contributed by atoms with Gasteiger partial charge in [0, 0.05) is 51.7 Å². The van der Waals surface area contributed by atoms with Gasteiger partial charge >= 0.3 is 0 Å². The third-order valence-electron chi connectivity index (χ3n) is 5.06. The van der Waals surface area contributed by atoms with Gasteiger partial charge in [0.15, 0.2) is 5.96 Å². The average molecular weight is 381 g/mol. The molecule has 1 aliphatic heterocycles. The van der Waals surface area contributed by atoms with Crippen LogP contribution in [0.4, 0.5) is 0 Å². The van der Waals surface area contributed by atoms with Crippen molar-refractivity contribution in [3.05, 3.63) is 66.3 Å². The number of aliphatic imine (C=N–C) groups is 1. The van der Waals surface area contributed by atoms with Crippen molar-refractivity contribution < 1.29 is 0 Å². The van der Waals surface area contributed by atoms with E-state index in [1.807, 2.05) is 25.5 Å². The van der Waals surface area contributed by atoms with Gasteiger partial charge in [0.1, 0.15) is 5.82 Å². The SMILES string of the molecule is C=C(C)CN1CCC(NC(=NC)NCc2nccn2Cc2ccccc2)CC1. The standard InChI is InChI=1S/C22H32N6/c1-18(2)16-27-12-9-20(10-13-27)26-22(23-3)25-15-21-24-11-14-28(21)17-19-7-5-4-6-8-19/h4-8,11,14,20H,1,9-10,12-13,15-17H2,2-3H3,(H2,23,25,26). The van der Waals surface area contributed by atoms with Gasteiger partial charge in [0.25, 0.3) is 0 Å². The molecule has 0 aliphatic carbocycles. The van der Waals surface area contributed by atoms with Crippen LogP contribution in [0, 0.1) is 0 Å². The van der Waals surface area contributed by atoms with E-state index in [0.717, 1.165) is 50.8 Å². The third kappa shape index (κ3) is 5.96. The molecule has 0 spiro atoms. The Morgan fingerprint density at radius 1 is 1.25 bits per heavy atom. The summed E-state index contributed by atoms with van der Waals surface area (Å²) in [6, 6.07) is 10.9. The van der Waals surface area contributed by atoms with Gasteiger partial charge in [-0.05, 0) is 25.3 Å². The van der Waals surface area contributed by atoms with Crippen molar-refractivity contribution in [2.24, 2.45) is 4.99 Å². The zero-order chi connectivity index (χ0) is 19.8. The smallest absolute Gasteiger partial charge is 0.191 e. The third-order valence-corrected chi connectivity index (χ3v) is 5.06. The minimum atomic E-state index is 0.455. The van der Waals surface area contributed by atoms with E-state index in [1.54, 1.807) is 0 Å². The number of likely N-dealkylation sites (tertiary alicyclic amines) is 1. The van der Waals surface area contributed by atoms with Gasteiger partial charge in [-0.2, -0.15) is 0 Å². The summed E-state index contributed by atoms with van der Waals surface area (Å²) in [5, 5.41) is 6.98. The second kappa shape index (κ2) is 10.1. The molecular formula is C22H32N6. The number of imidazole rings is 1. The van der Waals surface area contributed by atoms with E-state index in [4.69, 9.17) is 0 Å². The van der Waals surface area contributed by atoms with Gasteiger partial charge in [-0.1, -0.05) is 42.5 Å². The highest BCUT2D eigenvalue weighted by atomic mass is 15.2. The van der Waals surface area contributed by atoms with E-state index in [2.05, 4.69) is 67.8 Å². The number of hydrogen-bond acceptors (Lipinski definition) is 3. The van der Waals surface area contributed by atoms with Crippen LogP contribution in [0.2, 0.25) is 0 Å². The molecule has 2 heterocycles. The molecule has 0 bridgehead atoms. The van der Waals surface area contributed by atoms with Crippen LogP contribution in [0.5, 0.6) is 0 Å². The molecule has 0 atom stereocenters. The van der Waals surface area contributed by atoms with Gasteiger partial charge in [0.2, 0.25) is 0 Å². The van der Waals surface area contributed by atoms with E-state index in [0.29, 0.717) is 12.6 Å². The number of aromatic nitrogens is 2. The van der Waals surface area contributed by atoms with Gasteiger partial charge in [0.05, 0.1) is 6.54 Å². The Kier molecular flexibility index (Phi) is 7.25. The molecule has 2 aromatic rings. The average Bonchev–Trinajstić information content (AvgIpc) is 3.14. The fourth-order valence-corrected chi connectivity index (χ4v) is 3.60. The van der Waals surface area contributed by atoms with Gasteiger partial charge < -0.3 is 15.2 Å². The Morgan fingerprint density at radius 3 is 2.68 bits per heavy atom. The van der Waals surface area contributed by atoms with E-state index in [1.165, 1.54) is 11.1 Å². The first-order chi connectivity index (χ1) is 13.6. The molecule has 150 valence electrons. The van der Waals surface area contributed by atoms with E-state index in [-0.39, 0.29) is 0 Å². The van der Waals surface area contributed by atoms with Crippen LogP contribution in [0.25, 0.3) is 0 Å². The van der Waals surface area contributed by atoms with Crippen molar-refractivity contribution in [1.82, 2.24) is 25.1 Å². The van der Waals surface area contributed by atoms with E-state index >= 15 is 0 Å². The lowest BCUT2D eigenvalue weighted by Crippen LogP contribution is -2.48. The van der Waals surface area contributed by atoms with Crippen LogP contribution < -0.4 is 10.6 Å². The summed E-state index contributed by atoms with van der Waals surface area (Å²) >= 11 is 0. The molecule has 6 nitrogen and oxygen atoms in total. The largest absolute Gasteiger partial charge is 0.354 e. The van der Waals surface area contributed by atoms with Crippen molar-refractivity contribution in [3.8, 4) is 0 Å². The van der Waals surface area contributed by atoms with Crippen molar-refractivity contribution in [1.29, 1.82) is 0 Å². The minimum absolute atomic E-state index is 0.455. The number of piperidine rings is 1. The van der Waals surface area contributed by atoms with Crippen molar-refractivity contribution >= 4 is 5.96 Å². The van der Waals surface area contributed by atoms with E-state index in [9.17, 15) is 0 Å². The summed E-state index contributed by atoms with van der Waals surface area (Å²) in [7, 11) is 1.82. The number of guanidine groups is 1. The zero-order valence-electron chi connectivity index (χ0n) is 17.1. The number of benzene rings is 1. The maximum Gasteiger partial charge on any atom is 0.191 e. The Labute approximate surface area is 168 Å². The molecule has 3 rings (SSSR count). The summed E-state index contributed by atoms with van der Waals surface area (Å²) in [6.07, 6.45) is 6.12. The maximum atomic E-state index is 4.51. The summed E-state index contributed by atoms with van der Waals surface area (Å²) in [5.74, 6) is 1.84. The molecule has 0 amide bonds. The second-order valence-corrected chi connectivity index (χ2v) is 7.53. The van der Waals surface area contributed by atoms with Crippen molar-refractivity contribution in [3.63, 3.8) is 0 Å². The topological polar surface area (TPSA) is 57.5 Å². The Bertz CT molecular complexity index is 771. The van der Waals surface area contributed by atoms with Crippen LogP contribution in [0.15, 0.2) is 59.9 Å². The first kappa shape index (κ1) is 20.1. The van der Waals surface area contributed by atoms with E-state index < -0.39 is 0 Å². The fourth-order valence-electron chi connectivity index (χ4n) is 3.60. The van der Waals surface area contributed by atoms with Gasteiger partial charge in [-0.3, -0.25) is 9.89 Å². The molecule has 6 heteroatoms. The van der Waals surface area contributed by atoms with Crippen LogP contribution in [0.3, 0.4) is 0 Å². The molecule has 1 saturated heterocycles. The molecule has 1 aromatic carbocycles. The highest BCUT2D eigenvalue weighted by molar-refractivity contribution is 5.79. The summed E-state index contributed by atoms with van der Waals surface area (Å²) in [4.78, 5) is 11.4. The fraction of sp³-hybridized carbons (Fsp3) is 0.455. The molecule has 0 radical (unpaired) electrons. The number of rotatable bonds is 7. The number of nitrogens with one attached hydrogen (secondary N) is 2. The molecule has 0 saturated carbocycles. The predicted octanol–water partition coefficient (Wildman–Crippen LogP) is 2.64. The first-order valence-corrected chi connectivity index (χ1v) is 10.0. The Hall–Kier alpha value is -2.60. The molecular weight excluding hydrogens is 348 g/mol. The predicted molar refractivity (Wildman–Crippen MR) is 115 cm³/mol. The van der Waals surface area contributed by atoms with Crippen molar-refractivity contribution in [2.45, 2.75) is 38.9 Å². The minimum Gasteiger partial charge on any atom is -0.354 e. The molecule has 2 N–H and O–H groups in total. The second-order valence-electron chi connectivity index (χ2n) is 7.53. The molecule has 28 heavy (non-hydrogen) atoms. The maximum absolute atomic E-state index is 4.51. The zero-order valence-corrected chi connectivity index (χ0v) is 17.1. The Morgan fingerprint density at radius 2 is 2.00 bits per heavy atom. The van der Waals surface area contributed by atoms with Crippen LogP contribution in [0.1, 0.15) is 31.2 Å². The normalized spacial score (nSPS) is 16.1. The molecule has 1 aliphatic rings. The molecule has 1 aromatic heterocycles. The highest BCUT2D eigenvalue weighted by Crippen LogP contribution is 2.11. The van der Waals surface area contributed by atoms with Gasteiger partial charge in [-0.25, -0.2) is 4.98 Å².